The van der Waals surface area contributed by atoms with Gasteiger partial charge in [0.25, 0.3) is 0 Å². The second kappa shape index (κ2) is 10.2. The van der Waals surface area contributed by atoms with E-state index in [4.69, 9.17) is 4.74 Å². The minimum Gasteiger partial charge on any atom is -0.478 e. The third kappa shape index (κ3) is 5.06. The Morgan fingerprint density at radius 3 is 2.37 bits per heavy atom. The van der Waals surface area contributed by atoms with E-state index in [0.29, 0.717) is 11.9 Å². The molecule has 0 bridgehead atoms. The molecule has 1 heterocycles. The van der Waals surface area contributed by atoms with Gasteiger partial charge in [-0.3, -0.25) is 4.79 Å². The van der Waals surface area contributed by atoms with Crippen molar-refractivity contribution in [3.8, 4) is 5.69 Å². The van der Waals surface area contributed by atoms with Crippen molar-refractivity contribution >= 4 is 34.4 Å². The lowest BCUT2D eigenvalue weighted by Crippen LogP contribution is -2.17. The zero-order valence-electron chi connectivity index (χ0n) is 19.0. The summed E-state index contributed by atoms with van der Waals surface area (Å²) in [5, 5.41) is 12.8. The van der Waals surface area contributed by atoms with Crippen molar-refractivity contribution in [2.75, 3.05) is 11.9 Å². The Kier molecular flexibility index (Phi) is 6.91. The summed E-state index contributed by atoms with van der Waals surface area (Å²) in [6, 6.07) is 18.2. The van der Waals surface area contributed by atoms with Crippen LogP contribution in [0.4, 0.5) is 10.1 Å². The average molecular weight is 474 g/mol. The fourth-order valence-electron chi connectivity index (χ4n) is 3.93. The van der Waals surface area contributed by atoms with Crippen molar-refractivity contribution in [2.24, 2.45) is 0 Å². The largest absolute Gasteiger partial charge is 0.478 e. The van der Waals surface area contributed by atoms with Crippen molar-refractivity contribution in [3.63, 3.8) is 0 Å². The number of carboxylic acid groups (broad SMARTS) is 1. The number of hydrogen-bond acceptors (Lipinski definition) is 4. The molecule has 0 fully saturated rings. The van der Waals surface area contributed by atoms with E-state index in [1.807, 2.05) is 30.3 Å². The maximum atomic E-state index is 13.1. The molecule has 0 radical (unpaired) electrons. The number of ether oxygens (including phenoxy) is 1. The Morgan fingerprint density at radius 1 is 1.00 bits per heavy atom. The number of anilines is 1. The number of aromatic carboxylic acids is 1. The molecule has 0 unspecified atom stereocenters. The molecule has 2 N–H and O–H groups in total. The summed E-state index contributed by atoms with van der Waals surface area (Å²) in [4.78, 5) is 37.8. The van der Waals surface area contributed by atoms with Crippen molar-refractivity contribution in [1.29, 1.82) is 0 Å². The molecule has 0 aliphatic carbocycles. The first-order valence-corrected chi connectivity index (χ1v) is 11.1. The normalized spacial score (nSPS) is 10.8. The van der Waals surface area contributed by atoms with Gasteiger partial charge in [-0.2, -0.15) is 0 Å². The van der Waals surface area contributed by atoms with Crippen molar-refractivity contribution in [2.45, 2.75) is 19.8 Å². The molecular weight excluding hydrogens is 451 g/mol. The highest BCUT2D eigenvalue weighted by Gasteiger charge is 2.26. The van der Waals surface area contributed by atoms with E-state index in [1.54, 1.807) is 35.8 Å². The number of amides is 1. The van der Waals surface area contributed by atoms with Crippen LogP contribution in [-0.2, 0) is 16.0 Å². The lowest BCUT2D eigenvalue weighted by atomic mass is 10.0. The molecule has 3 aromatic carbocycles. The molecule has 35 heavy (non-hydrogen) atoms. The minimum atomic E-state index is -1.21. The molecule has 4 rings (SSSR count). The van der Waals surface area contributed by atoms with Gasteiger partial charge in [0, 0.05) is 23.7 Å². The predicted molar refractivity (Wildman–Crippen MR) is 130 cm³/mol. The lowest BCUT2D eigenvalue weighted by molar-refractivity contribution is -0.116. The summed E-state index contributed by atoms with van der Waals surface area (Å²) in [5.74, 6) is -2.68. The number of nitrogens with one attached hydrogen (secondary N) is 1. The number of carboxylic acids is 1. The van der Waals surface area contributed by atoms with E-state index in [9.17, 15) is 23.9 Å². The van der Waals surface area contributed by atoms with Gasteiger partial charge in [-0.05, 0) is 55.3 Å². The minimum absolute atomic E-state index is 0.0217. The number of halogens is 1. The second-order valence-electron chi connectivity index (χ2n) is 7.83. The van der Waals surface area contributed by atoms with Crippen LogP contribution in [0.25, 0.3) is 16.6 Å². The van der Waals surface area contributed by atoms with Crippen LogP contribution in [0.3, 0.4) is 0 Å². The predicted octanol–water partition coefficient (Wildman–Crippen LogP) is 5.22. The summed E-state index contributed by atoms with van der Waals surface area (Å²) >= 11 is 0. The van der Waals surface area contributed by atoms with Gasteiger partial charge in [-0.15, -0.1) is 0 Å². The smallest absolute Gasteiger partial charge is 0.340 e. The van der Waals surface area contributed by atoms with E-state index >= 15 is 0 Å². The Labute approximate surface area is 200 Å². The zero-order valence-corrected chi connectivity index (χ0v) is 19.0. The number of benzene rings is 3. The van der Waals surface area contributed by atoms with Crippen LogP contribution in [0.2, 0.25) is 0 Å². The Balaban J connectivity index is 1.75. The quantitative estimate of drug-likeness (QED) is 0.342. The van der Waals surface area contributed by atoms with Crippen molar-refractivity contribution in [1.82, 2.24) is 4.57 Å². The van der Waals surface area contributed by atoms with Gasteiger partial charge < -0.3 is 19.7 Å². The highest BCUT2D eigenvalue weighted by Crippen LogP contribution is 2.33. The highest BCUT2D eigenvalue weighted by atomic mass is 19.1. The first kappa shape index (κ1) is 23.7. The Bertz CT molecular complexity index is 1390. The zero-order chi connectivity index (χ0) is 24.9. The molecule has 0 spiro atoms. The number of hydrogen-bond donors (Lipinski definition) is 2. The number of esters is 1. The molecule has 0 atom stereocenters. The van der Waals surface area contributed by atoms with Gasteiger partial charge in [0.1, 0.15) is 5.82 Å². The number of aromatic nitrogens is 1. The Hall–Kier alpha value is -4.46. The van der Waals surface area contributed by atoms with Crippen LogP contribution in [0.1, 0.15) is 39.6 Å². The molecular formula is C27H23FN2O5. The second-order valence-corrected chi connectivity index (χ2v) is 7.83. The van der Waals surface area contributed by atoms with Gasteiger partial charge in [0.05, 0.1) is 28.9 Å². The van der Waals surface area contributed by atoms with Crippen LogP contribution >= 0.6 is 0 Å². The van der Waals surface area contributed by atoms with Gasteiger partial charge in [-0.1, -0.05) is 30.3 Å². The molecule has 1 amide bonds. The number of fused-ring (bicyclic) bond motifs is 1. The van der Waals surface area contributed by atoms with Crippen molar-refractivity contribution in [3.05, 3.63) is 95.4 Å². The Morgan fingerprint density at radius 2 is 1.71 bits per heavy atom. The average Bonchev–Trinajstić information content (AvgIpc) is 3.24. The monoisotopic (exact) mass is 474 g/mol. The van der Waals surface area contributed by atoms with Gasteiger partial charge in [0.2, 0.25) is 5.91 Å². The van der Waals surface area contributed by atoms with Crippen LogP contribution < -0.4 is 5.32 Å². The molecule has 7 nitrogen and oxygen atoms in total. The number of aryl methyl sites for hydroxylation is 1. The molecule has 0 aliphatic rings. The molecule has 0 saturated carbocycles. The molecule has 0 saturated heterocycles. The maximum Gasteiger partial charge on any atom is 0.340 e. The van der Waals surface area contributed by atoms with E-state index in [0.717, 1.165) is 11.3 Å². The van der Waals surface area contributed by atoms with Gasteiger partial charge in [-0.25, -0.2) is 14.0 Å². The molecule has 4 aromatic rings. The van der Waals surface area contributed by atoms with Crippen LogP contribution in [0.15, 0.2) is 72.9 Å². The number of rotatable bonds is 8. The number of carbonyl (C=O) groups is 3. The van der Waals surface area contributed by atoms with Crippen LogP contribution in [0.5, 0.6) is 0 Å². The number of nitrogens with zero attached hydrogens (tertiary/aromatic N) is 1. The molecule has 8 heteroatoms. The molecule has 1 aromatic heterocycles. The molecule has 0 aliphatic heterocycles. The van der Waals surface area contributed by atoms with Gasteiger partial charge >= 0.3 is 11.9 Å². The van der Waals surface area contributed by atoms with Crippen LogP contribution in [-0.4, -0.2) is 34.1 Å². The number of carbonyl (C=O) groups excluding carboxylic acids is 2. The SMILES string of the molecule is CCOC(=O)c1c(NC(=O)CCc2ccc(F)cc2)ccc2c1c(C(=O)O)cn2-c1ccccc1. The molecule has 178 valence electrons. The van der Waals surface area contributed by atoms with E-state index in [2.05, 4.69) is 5.32 Å². The van der Waals surface area contributed by atoms with E-state index < -0.39 is 11.9 Å². The topological polar surface area (TPSA) is 97.6 Å². The maximum absolute atomic E-state index is 13.1. The van der Waals surface area contributed by atoms with Crippen molar-refractivity contribution < 1.29 is 28.6 Å². The van der Waals surface area contributed by atoms with Gasteiger partial charge in [0.15, 0.2) is 0 Å². The summed E-state index contributed by atoms with van der Waals surface area (Å²) in [7, 11) is 0. The third-order valence-corrected chi connectivity index (χ3v) is 5.54. The van der Waals surface area contributed by atoms with Crippen LogP contribution in [0, 0.1) is 5.82 Å². The fourth-order valence-corrected chi connectivity index (χ4v) is 3.93. The summed E-state index contributed by atoms with van der Waals surface area (Å²) in [5.41, 5.74) is 2.04. The summed E-state index contributed by atoms with van der Waals surface area (Å²) < 4.78 is 20.0. The summed E-state index contributed by atoms with van der Waals surface area (Å²) in [6.07, 6.45) is 1.90. The van der Waals surface area contributed by atoms with E-state index in [1.165, 1.54) is 18.3 Å². The third-order valence-electron chi connectivity index (χ3n) is 5.54. The first-order valence-electron chi connectivity index (χ1n) is 11.1. The first-order chi connectivity index (χ1) is 16.9. The number of para-hydroxylation sites is 1. The fraction of sp³-hybridized carbons (Fsp3) is 0.148. The lowest BCUT2D eigenvalue weighted by Gasteiger charge is -2.13. The van der Waals surface area contributed by atoms with E-state index in [-0.39, 0.29) is 47.0 Å². The summed E-state index contributed by atoms with van der Waals surface area (Å²) in [6.45, 7) is 1.72. The highest BCUT2D eigenvalue weighted by molar-refractivity contribution is 6.17. The standard InChI is InChI=1S/C27H23FN2O5/c1-2-35-27(34)25-21(29-23(31)15-10-17-8-11-18(28)12-9-17)13-14-22-24(25)20(26(32)33)16-30(22)19-6-4-3-5-7-19/h3-9,11-14,16H,2,10,15H2,1H3,(H,29,31)(H,32,33).